The lowest BCUT2D eigenvalue weighted by molar-refractivity contribution is -0.131. The van der Waals surface area contributed by atoms with Crippen LogP contribution in [0.4, 0.5) is 11.4 Å². The normalized spacial score (nSPS) is 13.7. The zero-order chi connectivity index (χ0) is 20.6. The van der Waals surface area contributed by atoms with Crippen LogP contribution in [0, 0.1) is 0 Å². The van der Waals surface area contributed by atoms with Gasteiger partial charge in [-0.05, 0) is 29.9 Å². The number of piperazine rings is 1. The van der Waals surface area contributed by atoms with Crippen LogP contribution in [0.2, 0.25) is 0 Å². The first-order valence-corrected chi connectivity index (χ1v) is 10.2. The van der Waals surface area contributed by atoms with Crippen LogP contribution in [0.25, 0.3) is 0 Å². The van der Waals surface area contributed by atoms with Crippen LogP contribution >= 0.6 is 12.2 Å². The van der Waals surface area contributed by atoms with E-state index >= 15 is 0 Å². The van der Waals surface area contributed by atoms with E-state index in [1.54, 1.807) is 0 Å². The van der Waals surface area contributed by atoms with Gasteiger partial charge in [-0.15, -0.1) is 0 Å². The first kappa shape index (κ1) is 20.8. The molecule has 1 aliphatic rings. The van der Waals surface area contributed by atoms with Crippen molar-refractivity contribution in [1.82, 2.24) is 10.2 Å². The number of nitrogens with one attached hydrogen (secondary N) is 2. The number of benzene rings is 2. The Kier molecular flexibility index (Phi) is 7.19. The second kappa shape index (κ2) is 10.0. The zero-order valence-corrected chi connectivity index (χ0v) is 17.4. The van der Waals surface area contributed by atoms with E-state index in [4.69, 9.17) is 12.2 Å². The van der Waals surface area contributed by atoms with E-state index in [0.29, 0.717) is 19.5 Å². The van der Waals surface area contributed by atoms with E-state index in [0.717, 1.165) is 30.0 Å². The Balaban J connectivity index is 1.58. The Bertz CT molecular complexity index is 864. The van der Waals surface area contributed by atoms with E-state index in [1.807, 2.05) is 66.4 Å². The molecule has 1 heterocycles. The molecule has 3 rings (SSSR count). The molecule has 1 aliphatic heterocycles. The lowest BCUT2D eigenvalue weighted by Crippen LogP contribution is -2.48. The molecule has 1 fully saturated rings. The summed E-state index contributed by atoms with van der Waals surface area (Å²) >= 11 is 5.34. The van der Waals surface area contributed by atoms with Crippen LogP contribution in [0.1, 0.15) is 18.9 Å². The highest BCUT2D eigenvalue weighted by molar-refractivity contribution is 7.80. The van der Waals surface area contributed by atoms with Crippen LogP contribution in [-0.4, -0.2) is 48.0 Å². The van der Waals surface area contributed by atoms with Crippen molar-refractivity contribution in [1.29, 1.82) is 0 Å². The molecule has 0 aliphatic carbocycles. The first-order valence-electron chi connectivity index (χ1n) is 9.83. The minimum Gasteiger partial charge on any atom is -0.366 e. The maximum absolute atomic E-state index is 12.2. The van der Waals surface area contributed by atoms with Crippen molar-refractivity contribution in [3.8, 4) is 0 Å². The van der Waals surface area contributed by atoms with Crippen molar-refractivity contribution in [3.63, 3.8) is 0 Å². The Morgan fingerprint density at radius 2 is 1.62 bits per heavy atom. The summed E-state index contributed by atoms with van der Waals surface area (Å²) in [6.07, 6.45) is 0.812. The monoisotopic (exact) mass is 410 g/mol. The minimum atomic E-state index is -0.155. The summed E-state index contributed by atoms with van der Waals surface area (Å²) in [6, 6.07) is 17.4. The van der Waals surface area contributed by atoms with Gasteiger partial charge in [0.1, 0.15) is 0 Å². The largest absolute Gasteiger partial charge is 0.366 e. The second-order valence-corrected chi connectivity index (χ2v) is 7.31. The third-order valence-corrected chi connectivity index (χ3v) is 5.09. The lowest BCUT2D eigenvalue weighted by Gasteiger charge is -2.37. The van der Waals surface area contributed by atoms with Crippen LogP contribution in [0.15, 0.2) is 54.6 Å². The topological polar surface area (TPSA) is 64.7 Å². The fourth-order valence-electron chi connectivity index (χ4n) is 3.38. The molecule has 29 heavy (non-hydrogen) atoms. The SMILES string of the molecule is CCC(=O)N1CCN(c2ccccc2NC(=S)NC(=O)Cc2ccccc2)CC1. The van der Waals surface area contributed by atoms with Gasteiger partial charge in [-0.25, -0.2) is 0 Å². The van der Waals surface area contributed by atoms with Crippen molar-refractivity contribution in [3.05, 3.63) is 60.2 Å². The molecule has 2 amide bonds. The number of anilines is 2. The summed E-state index contributed by atoms with van der Waals surface area (Å²) < 4.78 is 0. The average Bonchev–Trinajstić information content (AvgIpc) is 2.74. The van der Waals surface area contributed by atoms with Gasteiger partial charge in [-0.2, -0.15) is 0 Å². The van der Waals surface area contributed by atoms with Gasteiger partial charge >= 0.3 is 0 Å². The molecule has 0 radical (unpaired) electrons. The van der Waals surface area contributed by atoms with E-state index in [-0.39, 0.29) is 23.3 Å². The molecular weight excluding hydrogens is 384 g/mol. The highest BCUT2D eigenvalue weighted by Crippen LogP contribution is 2.26. The molecule has 152 valence electrons. The number of hydrogen-bond acceptors (Lipinski definition) is 4. The van der Waals surface area contributed by atoms with Crippen LogP contribution in [0.5, 0.6) is 0 Å². The highest BCUT2D eigenvalue weighted by atomic mass is 32.1. The first-order chi connectivity index (χ1) is 14.1. The van der Waals surface area contributed by atoms with Gasteiger partial charge in [0.25, 0.3) is 0 Å². The third kappa shape index (κ3) is 5.77. The van der Waals surface area contributed by atoms with Gasteiger partial charge in [-0.3, -0.25) is 9.59 Å². The predicted octanol–water partition coefficient (Wildman–Crippen LogP) is 2.80. The number of thiocarbonyl (C=S) groups is 1. The summed E-state index contributed by atoms with van der Waals surface area (Å²) in [5.41, 5.74) is 2.79. The number of rotatable bonds is 5. The maximum atomic E-state index is 12.2. The van der Waals surface area contributed by atoms with E-state index < -0.39 is 0 Å². The molecule has 0 atom stereocenters. The molecule has 0 spiro atoms. The summed E-state index contributed by atoms with van der Waals surface area (Å²) in [5.74, 6) is 0.0382. The molecule has 2 aromatic rings. The van der Waals surface area contributed by atoms with Gasteiger partial charge in [-0.1, -0.05) is 49.4 Å². The Labute approximate surface area is 176 Å². The number of para-hydroxylation sites is 2. The molecule has 6 nitrogen and oxygen atoms in total. The van der Waals surface area contributed by atoms with Crippen molar-refractivity contribution in [2.24, 2.45) is 0 Å². The summed E-state index contributed by atoms with van der Waals surface area (Å²) in [7, 11) is 0. The van der Waals surface area contributed by atoms with Gasteiger partial charge in [0, 0.05) is 32.6 Å². The quantitative estimate of drug-likeness (QED) is 0.742. The van der Waals surface area contributed by atoms with Crippen molar-refractivity contribution < 1.29 is 9.59 Å². The van der Waals surface area contributed by atoms with E-state index in [1.165, 1.54) is 0 Å². The Hall–Kier alpha value is -2.93. The third-order valence-electron chi connectivity index (χ3n) is 4.89. The zero-order valence-electron chi connectivity index (χ0n) is 16.6. The van der Waals surface area contributed by atoms with Gasteiger partial charge in [0.2, 0.25) is 11.8 Å². The number of carbonyl (C=O) groups excluding carboxylic acids is 2. The number of carbonyl (C=O) groups is 2. The van der Waals surface area contributed by atoms with Crippen molar-refractivity contribution in [2.75, 3.05) is 36.4 Å². The van der Waals surface area contributed by atoms with Crippen LogP contribution < -0.4 is 15.5 Å². The number of hydrogen-bond donors (Lipinski definition) is 2. The second-order valence-electron chi connectivity index (χ2n) is 6.90. The van der Waals surface area contributed by atoms with Crippen molar-refractivity contribution in [2.45, 2.75) is 19.8 Å². The molecule has 2 N–H and O–H groups in total. The highest BCUT2D eigenvalue weighted by Gasteiger charge is 2.21. The Morgan fingerprint density at radius 3 is 2.31 bits per heavy atom. The summed E-state index contributed by atoms with van der Waals surface area (Å²) in [5, 5.41) is 6.17. The predicted molar refractivity (Wildman–Crippen MR) is 120 cm³/mol. The van der Waals surface area contributed by atoms with Crippen molar-refractivity contribution >= 4 is 40.5 Å². The molecule has 7 heteroatoms. The van der Waals surface area contributed by atoms with Gasteiger partial charge in [0.15, 0.2) is 5.11 Å². The summed E-state index contributed by atoms with van der Waals surface area (Å²) in [4.78, 5) is 28.3. The maximum Gasteiger partial charge on any atom is 0.230 e. The van der Waals surface area contributed by atoms with Crippen LogP contribution in [-0.2, 0) is 16.0 Å². The molecule has 0 unspecified atom stereocenters. The number of nitrogens with zero attached hydrogens (tertiary/aromatic N) is 2. The summed E-state index contributed by atoms with van der Waals surface area (Å²) in [6.45, 7) is 4.83. The Morgan fingerprint density at radius 1 is 0.966 bits per heavy atom. The van der Waals surface area contributed by atoms with E-state index in [2.05, 4.69) is 15.5 Å². The molecule has 0 saturated carbocycles. The fourth-order valence-corrected chi connectivity index (χ4v) is 3.60. The van der Waals surface area contributed by atoms with Gasteiger partial charge in [0.05, 0.1) is 17.8 Å². The molecule has 0 bridgehead atoms. The van der Waals surface area contributed by atoms with E-state index in [9.17, 15) is 9.59 Å². The van der Waals surface area contributed by atoms with Gasteiger partial charge < -0.3 is 20.4 Å². The molecule has 1 saturated heterocycles. The van der Waals surface area contributed by atoms with Crippen LogP contribution in [0.3, 0.4) is 0 Å². The molecule has 2 aromatic carbocycles. The fraction of sp³-hybridized carbons (Fsp3) is 0.318. The smallest absolute Gasteiger partial charge is 0.230 e. The average molecular weight is 411 g/mol. The lowest BCUT2D eigenvalue weighted by atomic mass is 10.1. The number of amides is 2. The molecule has 0 aromatic heterocycles. The standard InChI is InChI=1S/C22H26N4O2S/c1-2-21(28)26-14-12-25(13-15-26)19-11-7-6-10-18(19)23-22(29)24-20(27)16-17-8-4-3-5-9-17/h3-11H,2,12-16H2,1H3,(H2,23,24,27,29). The molecular formula is C22H26N4O2S. The minimum absolute atomic E-state index is 0.155.